The van der Waals surface area contributed by atoms with Crippen molar-refractivity contribution in [2.75, 3.05) is 27.4 Å². The number of methoxy groups -OCH3 is 2. The van der Waals surface area contributed by atoms with Gasteiger partial charge >= 0.3 is 0 Å². The van der Waals surface area contributed by atoms with Gasteiger partial charge in [-0.2, -0.15) is 5.10 Å². The number of amides is 1. The lowest BCUT2D eigenvalue weighted by Crippen LogP contribution is -2.34. The summed E-state index contributed by atoms with van der Waals surface area (Å²) in [7, 11) is 3.26. The minimum Gasteiger partial charge on any atom is -0.493 e. The second-order valence-electron chi connectivity index (χ2n) is 7.90. The van der Waals surface area contributed by atoms with E-state index in [-0.39, 0.29) is 11.8 Å². The van der Waals surface area contributed by atoms with E-state index in [0.717, 1.165) is 29.8 Å². The van der Waals surface area contributed by atoms with Crippen LogP contribution < -0.4 is 9.47 Å². The second kappa shape index (κ2) is 9.87. The molecule has 1 aliphatic rings. The molecule has 1 amide bonds. The topological polar surface area (TPSA) is 65.8 Å². The smallest absolute Gasteiger partial charge is 0.228 e. The molecule has 3 aromatic rings. The molecule has 2 aromatic carbocycles. The van der Waals surface area contributed by atoms with Crippen LogP contribution in [0.2, 0.25) is 0 Å². The lowest BCUT2D eigenvalue weighted by Gasteiger charge is -2.23. The van der Waals surface area contributed by atoms with E-state index in [1.165, 1.54) is 0 Å². The molecular weight excluding hydrogens is 406 g/mol. The first-order valence-corrected chi connectivity index (χ1v) is 10.8. The van der Waals surface area contributed by atoms with Crippen molar-refractivity contribution in [2.45, 2.75) is 26.3 Å². The fourth-order valence-electron chi connectivity index (χ4n) is 3.62. The Morgan fingerprint density at radius 1 is 1.06 bits per heavy atom. The molecular formula is C25H29N3O4. The van der Waals surface area contributed by atoms with Crippen molar-refractivity contribution in [3.8, 4) is 23.1 Å². The molecule has 32 heavy (non-hydrogen) atoms. The molecule has 1 heterocycles. The molecule has 168 valence electrons. The van der Waals surface area contributed by atoms with Crippen LogP contribution in [0.25, 0.3) is 5.69 Å². The van der Waals surface area contributed by atoms with Gasteiger partial charge in [0.2, 0.25) is 11.8 Å². The average Bonchev–Trinajstić information content (AvgIpc) is 3.63. The van der Waals surface area contributed by atoms with E-state index < -0.39 is 0 Å². The van der Waals surface area contributed by atoms with Gasteiger partial charge in [-0.3, -0.25) is 4.79 Å². The summed E-state index contributed by atoms with van der Waals surface area (Å²) in [5.41, 5.74) is 2.55. The van der Waals surface area contributed by atoms with Crippen molar-refractivity contribution in [2.24, 2.45) is 5.92 Å². The summed E-state index contributed by atoms with van der Waals surface area (Å²) in [6.45, 7) is 3.35. The predicted octanol–water partition coefficient (Wildman–Crippen LogP) is 4.37. The molecule has 0 bridgehead atoms. The number of rotatable bonds is 10. The number of ether oxygens (including phenoxy) is 3. The van der Waals surface area contributed by atoms with Crippen LogP contribution in [0.15, 0.2) is 54.6 Å². The summed E-state index contributed by atoms with van der Waals surface area (Å²) in [5.74, 6) is 2.07. The van der Waals surface area contributed by atoms with E-state index in [1.54, 1.807) is 18.9 Å². The van der Waals surface area contributed by atoms with Gasteiger partial charge in [-0.25, -0.2) is 4.68 Å². The quantitative estimate of drug-likeness (QED) is 0.473. The van der Waals surface area contributed by atoms with Crippen molar-refractivity contribution in [1.29, 1.82) is 0 Å². The van der Waals surface area contributed by atoms with Crippen LogP contribution in [-0.4, -0.2) is 48.0 Å². The van der Waals surface area contributed by atoms with E-state index in [1.807, 2.05) is 66.4 Å². The minimum absolute atomic E-state index is 0.120. The van der Waals surface area contributed by atoms with Crippen LogP contribution >= 0.6 is 0 Å². The maximum Gasteiger partial charge on any atom is 0.228 e. The van der Waals surface area contributed by atoms with Crippen molar-refractivity contribution in [3.63, 3.8) is 0 Å². The second-order valence-corrected chi connectivity index (χ2v) is 7.90. The number of para-hydroxylation sites is 3. The number of hydrogen-bond acceptors (Lipinski definition) is 5. The fourth-order valence-corrected chi connectivity index (χ4v) is 3.62. The van der Waals surface area contributed by atoms with Crippen LogP contribution in [0.1, 0.15) is 24.1 Å². The Morgan fingerprint density at radius 2 is 1.75 bits per heavy atom. The fraction of sp³-hybridized carbons (Fsp3) is 0.360. The monoisotopic (exact) mass is 435 g/mol. The van der Waals surface area contributed by atoms with Crippen LogP contribution in [0.4, 0.5) is 0 Å². The molecule has 0 N–H and O–H groups in total. The van der Waals surface area contributed by atoms with Gasteiger partial charge in [0.05, 0.1) is 37.2 Å². The van der Waals surface area contributed by atoms with Gasteiger partial charge in [0.15, 0.2) is 11.5 Å². The van der Waals surface area contributed by atoms with E-state index in [9.17, 15) is 4.79 Å². The summed E-state index contributed by atoms with van der Waals surface area (Å²) in [6, 6.07) is 17.3. The summed E-state index contributed by atoms with van der Waals surface area (Å²) >= 11 is 0. The molecule has 0 saturated heterocycles. The number of nitrogens with zero attached hydrogens (tertiary/aromatic N) is 3. The van der Waals surface area contributed by atoms with Gasteiger partial charge in [-0.05, 0) is 44.0 Å². The predicted molar refractivity (Wildman–Crippen MR) is 121 cm³/mol. The summed E-state index contributed by atoms with van der Waals surface area (Å²) < 4.78 is 18.9. The normalized spacial score (nSPS) is 13.1. The van der Waals surface area contributed by atoms with Gasteiger partial charge in [0.25, 0.3) is 0 Å². The van der Waals surface area contributed by atoms with Gasteiger partial charge in [-0.1, -0.05) is 30.3 Å². The molecule has 0 radical (unpaired) electrons. The third-order valence-corrected chi connectivity index (χ3v) is 5.57. The molecule has 0 unspecified atom stereocenters. The Labute approximate surface area is 188 Å². The van der Waals surface area contributed by atoms with Crippen molar-refractivity contribution < 1.29 is 19.0 Å². The lowest BCUT2D eigenvalue weighted by molar-refractivity contribution is -0.133. The lowest BCUT2D eigenvalue weighted by atomic mass is 10.2. The first kappa shape index (κ1) is 21.9. The Kier molecular flexibility index (Phi) is 6.75. The highest BCUT2D eigenvalue weighted by Gasteiger charge is 2.34. The van der Waals surface area contributed by atoms with Gasteiger partial charge in [-0.15, -0.1) is 0 Å². The number of hydrogen-bond donors (Lipinski definition) is 0. The largest absolute Gasteiger partial charge is 0.493 e. The molecule has 1 fully saturated rings. The van der Waals surface area contributed by atoms with E-state index >= 15 is 0 Å². The molecule has 0 spiro atoms. The van der Waals surface area contributed by atoms with Crippen molar-refractivity contribution in [3.05, 3.63) is 65.9 Å². The van der Waals surface area contributed by atoms with Crippen LogP contribution in [0, 0.1) is 12.8 Å². The zero-order valence-electron chi connectivity index (χ0n) is 18.8. The van der Waals surface area contributed by atoms with Crippen molar-refractivity contribution >= 4 is 5.91 Å². The summed E-state index contributed by atoms with van der Waals surface area (Å²) in [5, 5.41) is 4.77. The molecule has 4 rings (SSSR count). The Bertz CT molecular complexity index is 1060. The highest BCUT2D eigenvalue weighted by Crippen LogP contribution is 2.37. The number of carbonyl (C=O) groups is 1. The van der Waals surface area contributed by atoms with E-state index in [4.69, 9.17) is 19.3 Å². The zero-order valence-corrected chi connectivity index (χ0v) is 18.8. The van der Waals surface area contributed by atoms with Gasteiger partial charge in [0.1, 0.15) is 0 Å². The highest BCUT2D eigenvalue weighted by molar-refractivity contribution is 5.81. The molecule has 7 nitrogen and oxygen atoms in total. The number of carbonyl (C=O) groups excluding carboxylic acids is 1. The van der Waals surface area contributed by atoms with Gasteiger partial charge in [0, 0.05) is 19.6 Å². The standard InChI is InChI=1S/C25H29N3O4/c1-18-21(17-27(15-16-30-2)24(29)19-13-14-19)25(28(26-18)20-9-5-4-6-10-20)32-23-12-8-7-11-22(23)31-3/h4-12,19H,13-17H2,1-3H3. The Balaban J connectivity index is 1.75. The molecule has 0 aliphatic heterocycles. The first-order chi connectivity index (χ1) is 15.6. The van der Waals surface area contributed by atoms with Crippen LogP contribution in [0.3, 0.4) is 0 Å². The molecule has 7 heteroatoms. The number of benzene rings is 2. The maximum atomic E-state index is 13.0. The molecule has 1 aromatic heterocycles. The third kappa shape index (κ3) is 4.78. The van der Waals surface area contributed by atoms with Crippen LogP contribution in [-0.2, 0) is 16.1 Å². The SMILES string of the molecule is COCCN(Cc1c(C)nn(-c2ccccc2)c1Oc1ccccc1OC)C(=O)C1CC1. The first-order valence-electron chi connectivity index (χ1n) is 10.8. The Hall–Kier alpha value is -3.32. The zero-order chi connectivity index (χ0) is 22.5. The van der Waals surface area contributed by atoms with Crippen LogP contribution in [0.5, 0.6) is 17.4 Å². The Morgan fingerprint density at radius 3 is 2.41 bits per heavy atom. The minimum atomic E-state index is 0.120. The highest BCUT2D eigenvalue weighted by atomic mass is 16.5. The average molecular weight is 436 g/mol. The molecule has 0 atom stereocenters. The van der Waals surface area contributed by atoms with Gasteiger partial charge < -0.3 is 19.1 Å². The molecule has 1 saturated carbocycles. The van der Waals surface area contributed by atoms with Crippen molar-refractivity contribution in [1.82, 2.24) is 14.7 Å². The number of aromatic nitrogens is 2. The molecule has 1 aliphatic carbocycles. The summed E-state index contributed by atoms with van der Waals surface area (Å²) in [6.07, 6.45) is 1.91. The van der Waals surface area contributed by atoms with E-state index in [0.29, 0.717) is 37.1 Å². The van der Waals surface area contributed by atoms with E-state index in [2.05, 4.69) is 0 Å². The maximum absolute atomic E-state index is 13.0. The number of aryl methyl sites for hydroxylation is 1. The summed E-state index contributed by atoms with van der Waals surface area (Å²) in [4.78, 5) is 14.8. The third-order valence-electron chi connectivity index (χ3n) is 5.57.